The smallest absolute Gasteiger partial charge is 0.287 e. The molecular weight excluding hydrogens is 340 g/mol. The van der Waals surface area contributed by atoms with E-state index in [1.807, 2.05) is 43.3 Å². The fraction of sp³-hybridized carbons (Fsp3) is 0.278. The predicted molar refractivity (Wildman–Crippen MR) is 98.3 cm³/mol. The molecule has 0 spiro atoms. The molecule has 0 fully saturated rings. The van der Waals surface area contributed by atoms with E-state index in [2.05, 4.69) is 10.0 Å². The summed E-state index contributed by atoms with van der Waals surface area (Å²) in [4.78, 5) is 12.4. The van der Waals surface area contributed by atoms with Gasteiger partial charge in [0.15, 0.2) is 5.76 Å². The van der Waals surface area contributed by atoms with Crippen molar-refractivity contribution in [1.82, 2.24) is 10.0 Å². The van der Waals surface area contributed by atoms with Crippen LogP contribution in [0.15, 0.2) is 40.8 Å². The molecule has 1 aromatic heterocycles. The first-order valence-electron chi connectivity index (χ1n) is 8.00. The number of nitrogens with one attached hydrogen (secondary N) is 2. The van der Waals surface area contributed by atoms with Gasteiger partial charge in [-0.1, -0.05) is 36.4 Å². The molecule has 0 saturated heterocycles. The van der Waals surface area contributed by atoms with Crippen molar-refractivity contribution in [3.8, 4) is 0 Å². The Morgan fingerprint density at radius 3 is 2.60 bits per heavy atom. The molecule has 7 heteroatoms. The minimum atomic E-state index is -3.20. The van der Waals surface area contributed by atoms with E-state index in [1.165, 1.54) is 0 Å². The SMILES string of the molecule is Cc1c(C(=O)NCCCNS(C)(=O)=O)oc2c1ccc1ccccc12. The molecule has 0 aliphatic rings. The molecule has 132 valence electrons. The summed E-state index contributed by atoms with van der Waals surface area (Å²) in [6, 6.07) is 11.8. The largest absolute Gasteiger partial charge is 0.450 e. The summed E-state index contributed by atoms with van der Waals surface area (Å²) in [5.74, 6) is -0.000406. The lowest BCUT2D eigenvalue weighted by molar-refractivity contribution is 0.0927. The highest BCUT2D eigenvalue weighted by molar-refractivity contribution is 7.88. The van der Waals surface area contributed by atoms with Crippen LogP contribution in [0.25, 0.3) is 21.7 Å². The van der Waals surface area contributed by atoms with E-state index < -0.39 is 10.0 Å². The first-order chi connectivity index (χ1) is 11.9. The number of amides is 1. The minimum absolute atomic E-state index is 0.281. The lowest BCUT2D eigenvalue weighted by atomic mass is 10.1. The van der Waals surface area contributed by atoms with Gasteiger partial charge in [0.2, 0.25) is 10.0 Å². The number of carbonyl (C=O) groups excluding carboxylic acids is 1. The zero-order valence-electron chi connectivity index (χ0n) is 14.1. The number of aryl methyl sites for hydroxylation is 1. The van der Waals surface area contributed by atoms with Gasteiger partial charge in [0.25, 0.3) is 5.91 Å². The maximum absolute atomic E-state index is 12.4. The topological polar surface area (TPSA) is 88.4 Å². The summed E-state index contributed by atoms with van der Waals surface area (Å²) < 4.78 is 30.2. The molecule has 0 aliphatic heterocycles. The van der Waals surface area contributed by atoms with Crippen molar-refractivity contribution in [1.29, 1.82) is 0 Å². The lowest BCUT2D eigenvalue weighted by Crippen LogP contribution is -2.29. The Bertz CT molecular complexity index is 1040. The van der Waals surface area contributed by atoms with Crippen LogP contribution in [-0.4, -0.2) is 33.7 Å². The van der Waals surface area contributed by atoms with Gasteiger partial charge in [0.05, 0.1) is 6.26 Å². The fourth-order valence-electron chi connectivity index (χ4n) is 2.79. The number of hydrogen-bond donors (Lipinski definition) is 2. The molecule has 0 saturated carbocycles. The second-order valence-corrected chi connectivity index (χ2v) is 7.83. The van der Waals surface area contributed by atoms with Crippen molar-refractivity contribution in [3.05, 3.63) is 47.7 Å². The third kappa shape index (κ3) is 3.83. The number of hydrogen-bond acceptors (Lipinski definition) is 4. The summed E-state index contributed by atoms with van der Waals surface area (Å²) in [5, 5.41) is 5.72. The van der Waals surface area contributed by atoms with E-state index in [0.29, 0.717) is 24.3 Å². The quantitative estimate of drug-likeness (QED) is 0.661. The van der Waals surface area contributed by atoms with E-state index in [0.717, 1.165) is 28.0 Å². The van der Waals surface area contributed by atoms with Crippen LogP contribution in [0.5, 0.6) is 0 Å². The highest BCUT2D eigenvalue weighted by Crippen LogP contribution is 2.31. The molecule has 2 N–H and O–H groups in total. The van der Waals surface area contributed by atoms with Crippen molar-refractivity contribution in [2.75, 3.05) is 19.3 Å². The fourth-order valence-corrected chi connectivity index (χ4v) is 3.31. The molecule has 6 nitrogen and oxygen atoms in total. The Balaban J connectivity index is 1.76. The molecule has 3 rings (SSSR count). The zero-order valence-corrected chi connectivity index (χ0v) is 14.9. The zero-order chi connectivity index (χ0) is 18.0. The van der Waals surface area contributed by atoms with Gasteiger partial charge < -0.3 is 9.73 Å². The van der Waals surface area contributed by atoms with Crippen molar-refractivity contribution in [2.45, 2.75) is 13.3 Å². The van der Waals surface area contributed by atoms with E-state index in [4.69, 9.17) is 4.42 Å². The van der Waals surface area contributed by atoms with Crippen molar-refractivity contribution >= 4 is 37.7 Å². The molecular formula is C18H20N2O4S. The Kier molecular flexibility index (Phi) is 4.78. The standard InChI is InChI=1S/C18H20N2O4S/c1-12-14-9-8-13-6-3-4-7-15(13)17(14)24-16(12)18(21)19-10-5-11-20-25(2,22)23/h3-4,6-9,20H,5,10-11H2,1-2H3,(H,19,21). The Labute approximate surface area is 146 Å². The maximum Gasteiger partial charge on any atom is 0.287 e. The van der Waals surface area contributed by atoms with Crippen molar-refractivity contribution in [3.63, 3.8) is 0 Å². The first kappa shape index (κ1) is 17.4. The molecule has 0 atom stereocenters. The summed E-state index contributed by atoms with van der Waals surface area (Å²) in [6.45, 7) is 2.50. The number of fused-ring (bicyclic) bond motifs is 3. The summed E-state index contributed by atoms with van der Waals surface area (Å²) >= 11 is 0. The van der Waals surface area contributed by atoms with Gasteiger partial charge in [0.1, 0.15) is 5.58 Å². The average molecular weight is 360 g/mol. The minimum Gasteiger partial charge on any atom is -0.450 e. The normalized spacial score (nSPS) is 11.9. The van der Waals surface area contributed by atoms with Gasteiger partial charge in [0, 0.05) is 29.4 Å². The van der Waals surface area contributed by atoms with Crippen LogP contribution in [0.3, 0.4) is 0 Å². The van der Waals surface area contributed by atoms with Crippen LogP contribution in [0.1, 0.15) is 22.5 Å². The van der Waals surface area contributed by atoms with Crippen LogP contribution in [-0.2, 0) is 10.0 Å². The summed E-state index contributed by atoms with van der Waals surface area (Å²) in [7, 11) is -3.20. The number of benzene rings is 2. The Morgan fingerprint density at radius 1 is 1.08 bits per heavy atom. The third-order valence-electron chi connectivity index (χ3n) is 4.04. The van der Waals surface area contributed by atoms with Gasteiger partial charge in [-0.25, -0.2) is 13.1 Å². The van der Waals surface area contributed by atoms with Gasteiger partial charge in [-0.3, -0.25) is 4.79 Å². The highest BCUT2D eigenvalue weighted by Gasteiger charge is 2.18. The number of rotatable bonds is 6. The third-order valence-corrected chi connectivity index (χ3v) is 4.77. The monoisotopic (exact) mass is 360 g/mol. The van der Waals surface area contributed by atoms with Gasteiger partial charge in [-0.2, -0.15) is 0 Å². The van der Waals surface area contributed by atoms with E-state index in [1.54, 1.807) is 0 Å². The van der Waals surface area contributed by atoms with Crippen LogP contribution >= 0.6 is 0 Å². The molecule has 0 aliphatic carbocycles. The van der Waals surface area contributed by atoms with E-state index in [9.17, 15) is 13.2 Å². The Morgan fingerprint density at radius 2 is 1.84 bits per heavy atom. The molecule has 2 aromatic carbocycles. The van der Waals surface area contributed by atoms with Crippen LogP contribution in [0, 0.1) is 6.92 Å². The number of sulfonamides is 1. The molecule has 0 bridgehead atoms. The molecule has 25 heavy (non-hydrogen) atoms. The Hall–Kier alpha value is -2.38. The molecule has 1 amide bonds. The second-order valence-electron chi connectivity index (χ2n) is 6.00. The van der Waals surface area contributed by atoms with Crippen LogP contribution in [0.4, 0.5) is 0 Å². The highest BCUT2D eigenvalue weighted by atomic mass is 32.2. The first-order valence-corrected chi connectivity index (χ1v) is 9.89. The second kappa shape index (κ2) is 6.85. The summed E-state index contributed by atoms with van der Waals surface area (Å²) in [6.07, 6.45) is 1.61. The lowest BCUT2D eigenvalue weighted by Gasteiger charge is -2.04. The molecule has 0 unspecified atom stereocenters. The molecule has 1 heterocycles. The van der Waals surface area contributed by atoms with Crippen molar-refractivity contribution in [2.24, 2.45) is 0 Å². The number of carbonyl (C=O) groups is 1. The van der Waals surface area contributed by atoms with Gasteiger partial charge >= 0.3 is 0 Å². The molecule has 0 radical (unpaired) electrons. The average Bonchev–Trinajstić information content (AvgIpc) is 2.91. The van der Waals surface area contributed by atoms with Gasteiger partial charge in [-0.15, -0.1) is 0 Å². The maximum atomic E-state index is 12.4. The van der Waals surface area contributed by atoms with Crippen LogP contribution in [0.2, 0.25) is 0 Å². The predicted octanol–water partition coefficient (Wildman–Crippen LogP) is 2.56. The number of furan rings is 1. The summed E-state index contributed by atoms with van der Waals surface area (Å²) in [5.41, 5.74) is 1.51. The van der Waals surface area contributed by atoms with Crippen molar-refractivity contribution < 1.29 is 17.6 Å². The van der Waals surface area contributed by atoms with E-state index >= 15 is 0 Å². The van der Waals surface area contributed by atoms with Crippen LogP contribution < -0.4 is 10.0 Å². The van der Waals surface area contributed by atoms with Gasteiger partial charge in [-0.05, 0) is 18.7 Å². The molecule has 3 aromatic rings. The van der Waals surface area contributed by atoms with E-state index in [-0.39, 0.29) is 12.5 Å².